The predicted octanol–water partition coefficient (Wildman–Crippen LogP) is 2.32. The van der Waals surface area contributed by atoms with Gasteiger partial charge in [0.05, 0.1) is 4.90 Å². The van der Waals surface area contributed by atoms with E-state index in [2.05, 4.69) is 13.8 Å². The van der Waals surface area contributed by atoms with E-state index in [9.17, 15) is 12.8 Å². The van der Waals surface area contributed by atoms with Crippen molar-refractivity contribution in [2.45, 2.75) is 32.1 Å². The lowest BCUT2D eigenvalue weighted by Crippen LogP contribution is -3.85. The fourth-order valence-corrected chi connectivity index (χ4v) is 9.66. The SMILES string of the molecule is Cc1ccc([I+](OS(=O)(=O)c2ccc(F)cc2)c2ccc(CC(C)C)cc2)cc1. The largest absolute Gasteiger partial charge is 0.336 e. The highest BCUT2D eigenvalue weighted by Crippen LogP contribution is 2.11. The van der Waals surface area contributed by atoms with Crippen LogP contribution in [0.15, 0.2) is 77.7 Å². The maximum atomic E-state index is 13.2. The summed E-state index contributed by atoms with van der Waals surface area (Å²) >= 11 is -2.74. The van der Waals surface area contributed by atoms with Crippen molar-refractivity contribution in [1.29, 1.82) is 0 Å². The standard InChI is InChI=1S/C23H24FIO3S/c1-17(2)16-19-6-12-22(13-7-19)25(21-10-4-18(3)5-11-21)28-29(26,27)23-14-8-20(24)9-15-23/h4-15,17H,16H2,1-3H3/q+1. The molecule has 29 heavy (non-hydrogen) atoms. The summed E-state index contributed by atoms with van der Waals surface area (Å²) in [7, 11) is -4.01. The first kappa shape index (κ1) is 21.9. The van der Waals surface area contributed by atoms with Gasteiger partial charge in [0, 0.05) is 0 Å². The zero-order valence-corrected chi connectivity index (χ0v) is 19.6. The predicted molar refractivity (Wildman–Crippen MR) is 108 cm³/mol. The van der Waals surface area contributed by atoms with E-state index in [-0.39, 0.29) is 4.90 Å². The lowest BCUT2D eigenvalue weighted by molar-refractivity contribution is -1.03. The van der Waals surface area contributed by atoms with Crippen LogP contribution in [0.1, 0.15) is 25.0 Å². The van der Waals surface area contributed by atoms with Gasteiger partial charge in [0.15, 0.2) is 7.14 Å². The Morgan fingerprint density at radius 1 is 0.862 bits per heavy atom. The van der Waals surface area contributed by atoms with E-state index in [1.54, 1.807) is 0 Å². The molecule has 0 aliphatic carbocycles. The van der Waals surface area contributed by atoms with Gasteiger partial charge in [-0.25, -0.2) is 4.39 Å². The first-order chi connectivity index (χ1) is 13.7. The second kappa shape index (κ2) is 9.36. The van der Waals surface area contributed by atoms with Crippen LogP contribution in [0.25, 0.3) is 0 Å². The first-order valence-electron chi connectivity index (χ1n) is 9.31. The molecule has 0 saturated heterocycles. The van der Waals surface area contributed by atoms with E-state index in [0.717, 1.165) is 31.3 Å². The molecule has 0 saturated carbocycles. The van der Waals surface area contributed by atoms with Gasteiger partial charge in [0.25, 0.3) is 0 Å². The average molecular weight is 526 g/mol. The smallest absolute Gasteiger partial charge is 0.207 e. The minimum Gasteiger partial charge on any atom is -0.207 e. The van der Waals surface area contributed by atoms with Crippen LogP contribution in [0.4, 0.5) is 4.39 Å². The number of benzene rings is 3. The van der Waals surface area contributed by atoms with Crippen LogP contribution in [0.5, 0.6) is 0 Å². The minimum atomic E-state index is -4.01. The molecule has 0 aliphatic rings. The third kappa shape index (κ3) is 5.87. The molecule has 0 fully saturated rings. The third-order valence-electron chi connectivity index (χ3n) is 4.21. The fraction of sp³-hybridized carbons (Fsp3) is 0.217. The van der Waals surface area contributed by atoms with Crippen molar-refractivity contribution in [2.24, 2.45) is 5.92 Å². The molecular formula is C23H24FIO3S+. The molecule has 0 heterocycles. The second-order valence-corrected chi connectivity index (χ2v) is 13.7. The molecule has 0 N–H and O–H groups in total. The molecule has 3 nitrogen and oxygen atoms in total. The van der Waals surface area contributed by atoms with E-state index in [4.69, 9.17) is 2.51 Å². The fourth-order valence-electron chi connectivity index (χ4n) is 2.77. The highest BCUT2D eigenvalue weighted by Gasteiger charge is 2.37. The van der Waals surface area contributed by atoms with Crippen molar-refractivity contribution in [3.05, 3.63) is 96.9 Å². The summed E-state index contributed by atoms with van der Waals surface area (Å²) in [6.45, 7) is 6.31. The van der Waals surface area contributed by atoms with Crippen LogP contribution in [0, 0.1) is 25.8 Å². The number of aryl methyl sites for hydroxylation is 1. The van der Waals surface area contributed by atoms with E-state index in [1.807, 2.05) is 55.5 Å². The molecule has 0 unspecified atom stereocenters. The second-order valence-electron chi connectivity index (χ2n) is 7.24. The van der Waals surface area contributed by atoms with Crippen molar-refractivity contribution >= 4 is 10.1 Å². The molecule has 0 atom stereocenters. The maximum Gasteiger partial charge on any atom is 0.336 e. The van der Waals surface area contributed by atoms with Gasteiger partial charge in [-0.1, -0.05) is 43.7 Å². The highest BCUT2D eigenvalue weighted by molar-refractivity contribution is 7.86. The number of hydrogen-bond acceptors (Lipinski definition) is 3. The Balaban J connectivity index is 1.97. The van der Waals surface area contributed by atoms with Crippen molar-refractivity contribution in [1.82, 2.24) is 0 Å². The van der Waals surface area contributed by atoms with Crippen LogP contribution < -0.4 is 20.2 Å². The maximum absolute atomic E-state index is 13.2. The Hall–Kier alpha value is -1.77. The summed E-state index contributed by atoms with van der Waals surface area (Å²) < 4.78 is 46.5. The van der Waals surface area contributed by atoms with E-state index >= 15 is 0 Å². The average Bonchev–Trinajstić information content (AvgIpc) is 2.68. The summed E-state index contributed by atoms with van der Waals surface area (Å²) in [5.74, 6) is 0.0567. The lowest BCUT2D eigenvalue weighted by atomic mass is 10.0. The monoisotopic (exact) mass is 526 g/mol. The topological polar surface area (TPSA) is 43.4 Å². The van der Waals surface area contributed by atoms with Crippen LogP contribution >= 0.6 is 0 Å². The molecule has 3 rings (SSSR count). The molecule has 0 spiro atoms. The van der Waals surface area contributed by atoms with Crippen molar-refractivity contribution < 1.29 is 35.6 Å². The van der Waals surface area contributed by atoms with Crippen LogP contribution in [0.3, 0.4) is 0 Å². The van der Waals surface area contributed by atoms with Gasteiger partial charge in [-0.15, -0.1) is 0 Å². The van der Waals surface area contributed by atoms with Gasteiger partial charge < -0.3 is 0 Å². The molecule has 0 aliphatic heterocycles. The molecule has 0 aromatic heterocycles. The summed E-state index contributed by atoms with van der Waals surface area (Å²) in [6, 6.07) is 20.5. The summed E-state index contributed by atoms with van der Waals surface area (Å²) in [6.07, 6.45) is 0.966. The molecule has 3 aromatic rings. The zero-order valence-electron chi connectivity index (χ0n) is 16.6. The van der Waals surface area contributed by atoms with E-state index < -0.39 is 36.2 Å². The van der Waals surface area contributed by atoms with Crippen LogP contribution in [0.2, 0.25) is 0 Å². The van der Waals surface area contributed by atoms with Crippen molar-refractivity contribution in [2.75, 3.05) is 0 Å². The molecule has 6 heteroatoms. The Morgan fingerprint density at radius 3 is 1.90 bits per heavy atom. The normalized spacial score (nSPS) is 11.9. The van der Waals surface area contributed by atoms with Crippen LogP contribution in [-0.2, 0) is 19.1 Å². The number of hydrogen-bond donors (Lipinski definition) is 0. The zero-order chi connectivity index (χ0) is 21.0. The Labute approximate surface area is 180 Å². The van der Waals surface area contributed by atoms with Crippen molar-refractivity contribution in [3.63, 3.8) is 0 Å². The van der Waals surface area contributed by atoms with Gasteiger partial charge in [-0.05, 0) is 75.9 Å². The lowest BCUT2D eigenvalue weighted by Gasteiger charge is -2.08. The van der Waals surface area contributed by atoms with Gasteiger partial charge in [0.1, 0.15) is 5.82 Å². The molecule has 1 radical (unpaired) electrons. The Morgan fingerprint density at radius 2 is 1.38 bits per heavy atom. The summed E-state index contributed by atoms with van der Waals surface area (Å²) in [5.41, 5.74) is 2.31. The number of halogens is 2. The molecule has 153 valence electrons. The quantitative estimate of drug-likeness (QED) is 0.444. The van der Waals surface area contributed by atoms with E-state index in [0.29, 0.717) is 5.92 Å². The highest BCUT2D eigenvalue weighted by atomic mass is 127. The Bertz CT molecular complexity index is 1040. The minimum absolute atomic E-state index is 0.0373. The molecule has 0 bridgehead atoms. The summed E-state index contributed by atoms with van der Waals surface area (Å²) in [5, 5.41) is 0. The van der Waals surface area contributed by atoms with Gasteiger partial charge in [-0.2, -0.15) is 8.42 Å². The van der Waals surface area contributed by atoms with Gasteiger partial charge >= 0.3 is 30.4 Å². The van der Waals surface area contributed by atoms with Gasteiger partial charge in [-0.3, -0.25) is 0 Å². The Kier molecular flexibility index (Phi) is 7.08. The molecule has 3 aromatic carbocycles. The van der Waals surface area contributed by atoms with Crippen LogP contribution in [-0.4, -0.2) is 8.42 Å². The molecule has 0 amide bonds. The first-order valence-corrected chi connectivity index (χ1v) is 13.8. The summed E-state index contributed by atoms with van der Waals surface area (Å²) in [4.78, 5) is -0.0373. The van der Waals surface area contributed by atoms with E-state index in [1.165, 1.54) is 17.7 Å². The van der Waals surface area contributed by atoms with Crippen molar-refractivity contribution in [3.8, 4) is 0 Å². The molecular weight excluding hydrogens is 502 g/mol. The third-order valence-corrected chi connectivity index (χ3v) is 11.6. The number of rotatable bonds is 7. The van der Waals surface area contributed by atoms with Gasteiger partial charge in [0.2, 0.25) is 0 Å².